The van der Waals surface area contributed by atoms with Gasteiger partial charge in [-0.2, -0.15) is 0 Å². The number of nitrogens with zero attached hydrogens (tertiary/aromatic N) is 1. The largest absolute Gasteiger partial charge is 0.490 e. The Morgan fingerprint density at radius 1 is 1.53 bits per heavy atom. The van der Waals surface area contributed by atoms with Crippen LogP contribution in [0.1, 0.15) is 24.8 Å². The van der Waals surface area contributed by atoms with Gasteiger partial charge >= 0.3 is 0 Å². The summed E-state index contributed by atoms with van der Waals surface area (Å²) >= 11 is 11.1. The number of likely N-dealkylation sites (N-methyl/N-ethyl adjacent to an activating group) is 1. The van der Waals surface area contributed by atoms with Gasteiger partial charge in [0, 0.05) is 11.6 Å². The Hall–Kier alpha value is -0.840. The zero-order valence-corrected chi connectivity index (χ0v) is 12.6. The highest BCUT2D eigenvalue weighted by molar-refractivity contribution is 7.80. The van der Waals surface area contributed by atoms with Gasteiger partial charge in [0.25, 0.3) is 0 Å². The summed E-state index contributed by atoms with van der Waals surface area (Å²) in [5.41, 5.74) is 6.33. The summed E-state index contributed by atoms with van der Waals surface area (Å²) in [4.78, 5) is 2.70. The minimum absolute atomic E-state index is 0.348. The van der Waals surface area contributed by atoms with Crippen molar-refractivity contribution >= 4 is 28.8 Å². The molecule has 0 radical (unpaired) electrons. The van der Waals surface area contributed by atoms with Crippen LogP contribution < -0.4 is 10.5 Å². The lowest BCUT2D eigenvalue weighted by Gasteiger charge is -2.32. The quantitative estimate of drug-likeness (QED) is 0.868. The average molecular weight is 299 g/mol. The Morgan fingerprint density at radius 3 is 2.95 bits per heavy atom. The number of likely N-dealkylation sites (tertiary alicyclic amines) is 1. The number of nitrogens with two attached hydrogens (primary N) is 1. The molecule has 104 valence electrons. The first-order chi connectivity index (χ1) is 9.08. The summed E-state index contributed by atoms with van der Waals surface area (Å²) in [7, 11) is 2.14. The minimum atomic E-state index is 0.348. The standard InChI is InChI=1S/C14H19ClN2OS/c1-17-7-3-2-4-11(17)9-18-13-6-5-10(14(16)19)8-12(13)15/h5-6,8,11H,2-4,7,9H2,1H3,(H2,16,19). The van der Waals surface area contributed by atoms with Gasteiger partial charge in [0.1, 0.15) is 17.3 Å². The molecule has 1 aliphatic rings. The van der Waals surface area contributed by atoms with Crippen molar-refractivity contribution < 1.29 is 4.74 Å². The first kappa shape index (κ1) is 14.6. The molecule has 5 heteroatoms. The Kier molecular flexibility index (Phi) is 5.02. The van der Waals surface area contributed by atoms with Crippen LogP contribution in [0.2, 0.25) is 5.02 Å². The number of rotatable bonds is 4. The molecule has 1 fully saturated rings. The molecule has 2 rings (SSSR count). The predicted octanol–water partition coefficient (Wildman–Crippen LogP) is 2.84. The van der Waals surface area contributed by atoms with Gasteiger partial charge in [-0.15, -0.1) is 0 Å². The smallest absolute Gasteiger partial charge is 0.138 e. The van der Waals surface area contributed by atoms with Gasteiger partial charge in [-0.1, -0.05) is 30.2 Å². The third kappa shape index (κ3) is 3.81. The molecule has 1 atom stereocenters. The fraction of sp³-hybridized carbons (Fsp3) is 0.500. The minimum Gasteiger partial charge on any atom is -0.490 e. The van der Waals surface area contributed by atoms with E-state index >= 15 is 0 Å². The summed E-state index contributed by atoms with van der Waals surface area (Å²) < 4.78 is 5.82. The normalized spacial score (nSPS) is 20.2. The predicted molar refractivity (Wildman–Crippen MR) is 83.1 cm³/mol. The Bertz CT molecular complexity index is 467. The second-order valence-corrected chi connectivity index (χ2v) is 5.80. The zero-order chi connectivity index (χ0) is 13.8. The van der Waals surface area contributed by atoms with E-state index in [-0.39, 0.29) is 0 Å². The molecule has 1 aromatic carbocycles. The molecule has 1 aromatic rings. The number of benzene rings is 1. The van der Waals surface area contributed by atoms with Crippen LogP contribution in [0.25, 0.3) is 0 Å². The second kappa shape index (κ2) is 6.55. The third-order valence-electron chi connectivity index (χ3n) is 3.57. The highest BCUT2D eigenvalue weighted by atomic mass is 35.5. The highest BCUT2D eigenvalue weighted by Gasteiger charge is 2.19. The van der Waals surface area contributed by atoms with Crippen molar-refractivity contribution in [2.45, 2.75) is 25.3 Å². The number of hydrogen-bond donors (Lipinski definition) is 1. The molecule has 1 heterocycles. The van der Waals surface area contributed by atoms with Crippen LogP contribution in [0.5, 0.6) is 5.75 Å². The van der Waals surface area contributed by atoms with E-state index in [0.717, 1.165) is 12.1 Å². The van der Waals surface area contributed by atoms with Crippen molar-refractivity contribution in [1.29, 1.82) is 0 Å². The molecule has 19 heavy (non-hydrogen) atoms. The Labute approximate surface area is 124 Å². The van der Waals surface area contributed by atoms with Gasteiger partial charge in [-0.25, -0.2) is 0 Å². The van der Waals surface area contributed by atoms with Crippen molar-refractivity contribution in [2.75, 3.05) is 20.2 Å². The number of halogens is 1. The van der Waals surface area contributed by atoms with E-state index in [0.29, 0.717) is 28.4 Å². The van der Waals surface area contributed by atoms with Gasteiger partial charge in [-0.3, -0.25) is 0 Å². The highest BCUT2D eigenvalue weighted by Crippen LogP contribution is 2.26. The van der Waals surface area contributed by atoms with Crippen LogP contribution in [0.4, 0.5) is 0 Å². The molecule has 0 spiro atoms. The van der Waals surface area contributed by atoms with Crippen LogP contribution in [-0.2, 0) is 0 Å². The van der Waals surface area contributed by atoms with Crippen LogP contribution in [0, 0.1) is 0 Å². The fourth-order valence-electron chi connectivity index (χ4n) is 2.31. The lowest BCUT2D eigenvalue weighted by molar-refractivity contribution is 0.125. The van der Waals surface area contributed by atoms with Crippen LogP contribution in [-0.4, -0.2) is 36.1 Å². The van der Waals surface area contributed by atoms with E-state index in [1.54, 1.807) is 6.07 Å². The van der Waals surface area contributed by atoms with Crippen molar-refractivity contribution in [3.63, 3.8) is 0 Å². The fourth-order valence-corrected chi connectivity index (χ4v) is 2.67. The SMILES string of the molecule is CN1CCCCC1COc1ccc(C(N)=S)cc1Cl. The van der Waals surface area contributed by atoms with Gasteiger partial charge in [0.2, 0.25) is 0 Å². The van der Waals surface area contributed by atoms with Crippen LogP contribution in [0.3, 0.4) is 0 Å². The average Bonchev–Trinajstić information content (AvgIpc) is 2.39. The van der Waals surface area contributed by atoms with E-state index in [4.69, 9.17) is 34.3 Å². The lowest BCUT2D eigenvalue weighted by Crippen LogP contribution is -2.40. The van der Waals surface area contributed by atoms with E-state index < -0.39 is 0 Å². The number of ether oxygens (including phenoxy) is 1. The van der Waals surface area contributed by atoms with E-state index in [9.17, 15) is 0 Å². The number of piperidine rings is 1. The second-order valence-electron chi connectivity index (χ2n) is 4.95. The van der Waals surface area contributed by atoms with Gasteiger partial charge in [0.15, 0.2) is 0 Å². The van der Waals surface area contributed by atoms with E-state index in [1.165, 1.54) is 19.3 Å². The summed E-state index contributed by atoms with van der Waals surface area (Å²) in [5, 5.41) is 0.559. The molecule has 2 N–H and O–H groups in total. The maximum Gasteiger partial charge on any atom is 0.138 e. The number of thiocarbonyl (C=S) groups is 1. The van der Waals surface area contributed by atoms with Crippen LogP contribution >= 0.6 is 23.8 Å². The lowest BCUT2D eigenvalue weighted by atomic mass is 10.0. The van der Waals surface area contributed by atoms with Crippen molar-refractivity contribution in [1.82, 2.24) is 4.90 Å². The first-order valence-corrected chi connectivity index (χ1v) is 7.29. The molecule has 0 aliphatic carbocycles. The molecule has 0 amide bonds. The zero-order valence-electron chi connectivity index (χ0n) is 11.1. The van der Waals surface area contributed by atoms with Gasteiger partial charge < -0.3 is 15.4 Å². The molecule has 1 saturated heterocycles. The van der Waals surface area contributed by atoms with Crippen molar-refractivity contribution in [3.8, 4) is 5.75 Å². The summed E-state index contributed by atoms with van der Waals surface area (Å²) in [6.07, 6.45) is 3.72. The molecular formula is C14H19ClN2OS. The molecule has 0 saturated carbocycles. The molecule has 1 unspecified atom stereocenters. The van der Waals surface area contributed by atoms with Gasteiger partial charge in [-0.05, 0) is 44.6 Å². The van der Waals surface area contributed by atoms with Gasteiger partial charge in [0.05, 0.1) is 5.02 Å². The molecule has 0 aromatic heterocycles. The monoisotopic (exact) mass is 298 g/mol. The maximum absolute atomic E-state index is 6.17. The topological polar surface area (TPSA) is 38.5 Å². The Balaban J connectivity index is 1.97. The maximum atomic E-state index is 6.17. The van der Waals surface area contributed by atoms with Crippen molar-refractivity contribution in [2.24, 2.45) is 5.73 Å². The molecule has 3 nitrogen and oxygen atoms in total. The Morgan fingerprint density at radius 2 is 2.32 bits per heavy atom. The molecule has 1 aliphatic heterocycles. The first-order valence-electron chi connectivity index (χ1n) is 6.50. The third-order valence-corrected chi connectivity index (χ3v) is 4.10. The van der Waals surface area contributed by atoms with Crippen molar-refractivity contribution in [3.05, 3.63) is 28.8 Å². The number of hydrogen-bond acceptors (Lipinski definition) is 3. The van der Waals surface area contributed by atoms with E-state index in [1.807, 2.05) is 12.1 Å². The van der Waals surface area contributed by atoms with E-state index in [2.05, 4.69) is 11.9 Å². The molecule has 0 bridgehead atoms. The summed E-state index contributed by atoms with van der Waals surface area (Å²) in [5.74, 6) is 0.695. The summed E-state index contributed by atoms with van der Waals surface area (Å²) in [6.45, 7) is 1.81. The molecular weight excluding hydrogens is 280 g/mol. The summed E-state index contributed by atoms with van der Waals surface area (Å²) in [6, 6.07) is 5.90. The van der Waals surface area contributed by atoms with Crippen LogP contribution in [0.15, 0.2) is 18.2 Å².